The van der Waals surface area contributed by atoms with E-state index in [1.54, 1.807) is 21.1 Å². The first kappa shape index (κ1) is 48.4. The van der Waals surface area contributed by atoms with E-state index < -0.39 is 90.8 Å². The number of hydrogen-bond acceptors (Lipinski definition) is 14. The van der Waals surface area contributed by atoms with Gasteiger partial charge < -0.3 is 62.7 Å². The molecule has 14 nitrogen and oxygen atoms in total. The molecule has 6 heterocycles. The molecule has 1 spiro atoms. The van der Waals surface area contributed by atoms with Crippen molar-refractivity contribution in [3.8, 4) is 0 Å². The van der Waals surface area contributed by atoms with Crippen molar-refractivity contribution in [3.63, 3.8) is 0 Å². The van der Waals surface area contributed by atoms with Gasteiger partial charge in [-0.3, -0.25) is 4.79 Å². The predicted molar refractivity (Wildman–Crippen MR) is 234 cm³/mol. The highest BCUT2D eigenvalue weighted by Gasteiger charge is 2.62. The van der Waals surface area contributed by atoms with E-state index in [1.165, 1.54) is 19.3 Å². The smallest absolute Gasteiger partial charge is 0.312 e. The number of allylic oxidation sites excluding steroid dienone is 2. The van der Waals surface area contributed by atoms with Gasteiger partial charge in [-0.05, 0) is 75.5 Å². The van der Waals surface area contributed by atoms with Crippen LogP contribution in [0, 0.1) is 29.6 Å². The van der Waals surface area contributed by atoms with Gasteiger partial charge in [0.15, 0.2) is 18.4 Å². The van der Waals surface area contributed by atoms with Crippen molar-refractivity contribution in [2.75, 3.05) is 20.8 Å². The lowest BCUT2D eigenvalue weighted by Crippen LogP contribution is -2.61. The molecule has 8 aliphatic rings. The molecule has 8 rings (SSSR count). The second-order valence-electron chi connectivity index (χ2n) is 20.4. The van der Waals surface area contributed by atoms with Crippen molar-refractivity contribution in [1.82, 2.24) is 0 Å². The third-order valence-electron chi connectivity index (χ3n) is 15.8. The molecule has 360 valence electrons. The highest BCUT2D eigenvalue weighted by atomic mass is 16.7. The second-order valence-corrected chi connectivity index (χ2v) is 20.4. The summed E-state index contributed by atoms with van der Waals surface area (Å²) in [6.07, 6.45) is 12.9. The average Bonchev–Trinajstić information content (AvgIpc) is 3.62. The van der Waals surface area contributed by atoms with Crippen LogP contribution < -0.4 is 0 Å². The third-order valence-corrected chi connectivity index (χ3v) is 15.8. The van der Waals surface area contributed by atoms with Gasteiger partial charge in [0.25, 0.3) is 0 Å². The fourth-order valence-electron chi connectivity index (χ4n) is 12.1. The highest BCUT2D eigenvalue weighted by Crippen LogP contribution is 2.49. The summed E-state index contributed by atoms with van der Waals surface area (Å²) < 4.78 is 64.3. The molecule has 0 aromatic heterocycles. The first-order chi connectivity index (χ1) is 30.6. The summed E-state index contributed by atoms with van der Waals surface area (Å²) in [6, 6.07) is 0. The number of methoxy groups -OCH3 is 2. The average molecular weight is 901 g/mol. The number of ether oxygens (including phenoxy) is 10. The summed E-state index contributed by atoms with van der Waals surface area (Å²) in [5.41, 5.74) is -0.252. The third kappa shape index (κ3) is 9.92. The maximum absolute atomic E-state index is 14.5. The molecule has 3 N–H and O–H groups in total. The van der Waals surface area contributed by atoms with E-state index in [9.17, 15) is 20.1 Å². The van der Waals surface area contributed by atoms with Gasteiger partial charge >= 0.3 is 5.97 Å². The van der Waals surface area contributed by atoms with Crippen LogP contribution in [0.5, 0.6) is 0 Å². The van der Waals surface area contributed by atoms with Gasteiger partial charge in [0, 0.05) is 51.7 Å². The molecule has 64 heavy (non-hydrogen) atoms. The van der Waals surface area contributed by atoms with Crippen LogP contribution in [0.2, 0.25) is 0 Å². The molecule has 6 aliphatic heterocycles. The van der Waals surface area contributed by atoms with Crippen LogP contribution in [-0.4, -0.2) is 139 Å². The zero-order valence-corrected chi connectivity index (χ0v) is 39.3. The lowest BCUT2D eigenvalue weighted by Gasteiger charge is -2.49. The number of esters is 1. The lowest BCUT2D eigenvalue weighted by molar-refractivity contribution is -0.318. The molecule has 0 aromatic carbocycles. The molecule has 0 amide bonds. The maximum Gasteiger partial charge on any atom is 0.312 e. The molecule has 2 aliphatic carbocycles. The SMILES string of the molecule is CO[C@H]1C[C@H](O[C@H]2[C@H](C)O[C@@H](O[C@@H]3/C(C)=C/C[C@@H]4C[C@@H](C[C@]5(C=C[C@H](C)[C@@H](C6CCCCC6)O5)O4)OC(=O)[C@@H]4CC(C)[C@@H](O)[C@H]5OC/C(=C\C=C\[C@@H]3C)[C@]54O)C[C@@H]2OC)O[C@@H](C)[C@@H]1O. The summed E-state index contributed by atoms with van der Waals surface area (Å²) in [4.78, 5) is 14.5. The van der Waals surface area contributed by atoms with Crippen molar-refractivity contribution in [1.29, 1.82) is 0 Å². The van der Waals surface area contributed by atoms with Crippen LogP contribution in [-0.2, 0) is 52.2 Å². The Hall–Kier alpha value is -2.05. The number of carbonyl (C=O) groups excluding carboxylic acids is 1. The quantitative estimate of drug-likeness (QED) is 0.201. The first-order valence-corrected chi connectivity index (χ1v) is 24.3. The highest BCUT2D eigenvalue weighted by molar-refractivity contribution is 5.76. The first-order valence-electron chi connectivity index (χ1n) is 24.3. The zero-order chi connectivity index (χ0) is 45.5. The second kappa shape index (κ2) is 20.3. The van der Waals surface area contributed by atoms with E-state index in [0.717, 1.165) is 18.4 Å². The largest absolute Gasteiger partial charge is 0.462 e. The van der Waals surface area contributed by atoms with Crippen LogP contribution in [0.4, 0.5) is 0 Å². The molecule has 14 heteroatoms. The van der Waals surface area contributed by atoms with Crippen molar-refractivity contribution >= 4 is 5.97 Å². The summed E-state index contributed by atoms with van der Waals surface area (Å²) in [7, 11) is 3.23. The van der Waals surface area contributed by atoms with Crippen LogP contribution in [0.1, 0.15) is 112 Å². The Bertz CT molecular complexity index is 1730. The van der Waals surface area contributed by atoms with Gasteiger partial charge in [0.1, 0.15) is 30.0 Å². The molecular weight excluding hydrogens is 825 g/mol. The fourth-order valence-corrected chi connectivity index (χ4v) is 12.1. The Morgan fingerprint density at radius 3 is 2.27 bits per heavy atom. The molecule has 0 radical (unpaired) electrons. The topological polar surface area (TPSA) is 170 Å². The number of aliphatic hydroxyl groups excluding tert-OH is 2. The normalized spacial score (nSPS) is 50.5. The van der Waals surface area contributed by atoms with Crippen molar-refractivity contribution in [3.05, 3.63) is 47.6 Å². The standard InChI is InChI=1S/C50H76O14/c1-27-13-12-16-34-26-57-47-42(51)30(4)21-37(50(34,47)54)48(53)60-36-22-35(63-49(25-36)20-19-29(3)45(64-49)33-14-10-9-11-15-33)18-17-28(2)44(27)61-41-24-39(56-8)46(32(6)59-41)62-40-23-38(55-7)43(52)31(5)58-40/h12-13,16-17,19-20,27,29-33,35-47,51-52,54H,9-11,14-15,18,21-26H2,1-8H3/b13-12+,28-17+,34-16+/t27-,29-,30?,31-,32-,35+,36-,37-,38-,39-,40-,41-,42+,43-,44-,45-,46-,47+,49+,50+/m0/s1. The monoisotopic (exact) mass is 901 g/mol. The summed E-state index contributed by atoms with van der Waals surface area (Å²) in [6.45, 7) is 12.1. The number of carbonyl (C=O) groups is 1. The minimum atomic E-state index is -1.75. The zero-order valence-electron chi connectivity index (χ0n) is 39.3. The van der Waals surface area contributed by atoms with Crippen molar-refractivity contribution in [2.45, 2.75) is 209 Å². The fraction of sp³-hybridized carbons (Fsp3) is 0.820. The van der Waals surface area contributed by atoms with Crippen LogP contribution in [0.3, 0.4) is 0 Å². The Balaban J connectivity index is 1.08. The molecule has 20 atom stereocenters. The van der Waals surface area contributed by atoms with E-state index in [4.69, 9.17) is 47.4 Å². The lowest BCUT2D eigenvalue weighted by atomic mass is 9.66. The van der Waals surface area contributed by atoms with Crippen LogP contribution in [0.15, 0.2) is 47.6 Å². The summed E-state index contributed by atoms with van der Waals surface area (Å²) in [5.74, 6) is -2.34. The molecule has 1 unspecified atom stereocenters. The summed E-state index contributed by atoms with van der Waals surface area (Å²) >= 11 is 0. The van der Waals surface area contributed by atoms with Crippen LogP contribution >= 0.6 is 0 Å². The minimum absolute atomic E-state index is 0.0147. The molecule has 4 saturated heterocycles. The number of aliphatic hydroxyl groups is 3. The Labute approximate surface area is 379 Å². The van der Waals surface area contributed by atoms with Gasteiger partial charge in [0.2, 0.25) is 0 Å². The number of fused-ring (bicyclic) bond motifs is 2. The Kier molecular flexibility index (Phi) is 15.3. The van der Waals surface area contributed by atoms with Gasteiger partial charge in [-0.25, -0.2) is 0 Å². The van der Waals surface area contributed by atoms with Gasteiger partial charge in [0.05, 0.1) is 61.4 Å². The van der Waals surface area contributed by atoms with E-state index in [2.05, 4.69) is 32.9 Å². The predicted octanol–water partition coefficient (Wildman–Crippen LogP) is 5.99. The van der Waals surface area contributed by atoms with Crippen molar-refractivity contribution < 1.29 is 67.5 Å². The van der Waals surface area contributed by atoms with E-state index in [1.807, 2.05) is 38.2 Å². The van der Waals surface area contributed by atoms with Gasteiger partial charge in [-0.1, -0.05) is 70.4 Å². The summed E-state index contributed by atoms with van der Waals surface area (Å²) in [5, 5.41) is 34.5. The molecule has 6 fully saturated rings. The molecular formula is C50H76O14. The van der Waals surface area contributed by atoms with Crippen molar-refractivity contribution in [2.24, 2.45) is 29.6 Å². The maximum atomic E-state index is 14.5. The Morgan fingerprint density at radius 2 is 1.52 bits per heavy atom. The molecule has 0 aromatic rings. The minimum Gasteiger partial charge on any atom is -0.462 e. The van der Waals surface area contributed by atoms with E-state index >= 15 is 0 Å². The number of rotatable bonds is 7. The number of hydrogen-bond donors (Lipinski definition) is 3. The van der Waals surface area contributed by atoms with E-state index in [-0.39, 0.29) is 49.1 Å². The van der Waals surface area contributed by atoms with Gasteiger partial charge in [-0.2, -0.15) is 0 Å². The van der Waals surface area contributed by atoms with E-state index in [0.29, 0.717) is 43.6 Å². The van der Waals surface area contributed by atoms with Crippen LogP contribution in [0.25, 0.3) is 0 Å². The molecule has 2 bridgehead atoms. The Morgan fingerprint density at radius 1 is 0.797 bits per heavy atom. The van der Waals surface area contributed by atoms with Gasteiger partial charge in [-0.15, -0.1) is 0 Å². The molecule has 2 saturated carbocycles.